The maximum absolute atomic E-state index is 9.37. The van der Waals surface area contributed by atoms with Crippen LogP contribution in [0.5, 0.6) is 0 Å². The quantitative estimate of drug-likeness (QED) is 0.698. The second-order valence-electron chi connectivity index (χ2n) is 3.77. The number of fused-ring (bicyclic) bond motifs is 1. The molecular weight excluding hydrogens is 182 g/mol. The summed E-state index contributed by atoms with van der Waals surface area (Å²) in [6, 6.07) is 0.320. The van der Waals surface area contributed by atoms with Gasteiger partial charge >= 0.3 is 0 Å². The van der Waals surface area contributed by atoms with Crippen LogP contribution in [-0.2, 0) is 12.8 Å². The van der Waals surface area contributed by atoms with Gasteiger partial charge in [-0.2, -0.15) is 5.06 Å². The summed E-state index contributed by atoms with van der Waals surface area (Å²) in [5, 5.41) is 13.0. The van der Waals surface area contributed by atoms with E-state index in [0.717, 1.165) is 19.3 Å². The highest BCUT2D eigenvalue weighted by Crippen LogP contribution is 2.30. The van der Waals surface area contributed by atoms with Gasteiger partial charge in [0.25, 0.3) is 0 Å². The van der Waals surface area contributed by atoms with Crippen molar-refractivity contribution >= 4 is 11.3 Å². The van der Waals surface area contributed by atoms with Crippen molar-refractivity contribution in [3.63, 3.8) is 0 Å². The van der Waals surface area contributed by atoms with Gasteiger partial charge in [0, 0.05) is 18.0 Å². The number of rotatable bonds is 1. The first kappa shape index (κ1) is 9.19. The zero-order valence-electron chi connectivity index (χ0n) is 8.08. The fraction of sp³-hybridized carbons (Fsp3) is 0.600. The summed E-state index contributed by atoms with van der Waals surface area (Å²) < 4.78 is 0. The first-order chi connectivity index (χ1) is 6.18. The molecule has 0 saturated heterocycles. The maximum atomic E-state index is 9.37. The molecule has 1 aliphatic rings. The molecule has 1 unspecified atom stereocenters. The van der Waals surface area contributed by atoms with Gasteiger partial charge in [-0.25, -0.2) is 0 Å². The molecule has 0 amide bonds. The second kappa shape index (κ2) is 3.40. The van der Waals surface area contributed by atoms with Crippen LogP contribution in [-0.4, -0.2) is 23.4 Å². The fourth-order valence-electron chi connectivity index (χ4n) is 1.99. The van der Waals surface area contributed by atoms with Crippen LogP contribution < -0.4 is 0 Å². The summed E-state index contributed by atoms with van der Waals surface area (Å²) in [6.07, 6.45) is 3.21. The Bertz CT molecular complexity index is 306. The first-order valence-electron chi connectivity index (χ1n) is 4.66. The van der Waals surface area contributed by atoms with E-state index in [9.17, 15) is 5.21 Å². The molecule has 1 heterocycles. The van der Waals surface area contributed by atoms with Crippen molar-refractivity contribution < 1.29 is 5.21 Å². The van der Waals surface area contributed by atoms with Crippen LogP contribution in [0.4, 0.5) is 0 Å². The molecule has 1 aromatic heterocycles. The monoisotopic (exact) mass is 197 g/mol. The molecule has 0 aromatic carbocycles. The van der Waals surface area contributed by atoms with Gasteiger partial charge in [-0.05, 0) is 42.7 Å². The van der Waals surface area contributed by atoms with Crippen molar-refractivity contribution in [1.82, 2.24) is 5.06 Å². The molecule has 1 atom stereocenters. The van der Waals surface area contributed by atoms with E-state index in [0.29, 0.717) is 6.04 Å². The van der Waals surface area contributed by atoms with E-state index in [1.54, 1.807) is 7.05 Å². The average Bonchev–Trinajstić information content (AvgIpc) is 2.47. The lowest BCUT2D eigenvalue weighted by Gasteiger charge is -2.27. The Labute approximate surface area is 82.8 Å². The predicted octanol–water partition coefficient (Wildman–Crippen LogP) is 2.23. The molecule has 0 spiro atoms. The lowest BCUT2D eigenvalue weighted by Crippen LogP contribution is -2.33. The predicted molar refractivity (Wildman–Crippen MR) is 54.4 cm³/mol. The first-order valence-corrected chi connectivity index (χ1v) is 5.54. The molecule has 72 valence electrons. The Hall–Kier alpha value is -0.380. The highest BCUT2D eigenvalue weighted by Gasteiger charge is 2.23. The Balaban J connectivity index is 2.22. The van der Waals surface area contributed by atoms with Crippen LogP contribution in [0.1, 0.15) is 22.4 Å². The molecule has 13 heavy (non-hydrogen) atoms. The van der Waals surface area contributed by atoms with Gasteiger partial charge in [-0.15, -0.1) is 11.3 Å². The van der Waals surface area contributed by atoms with Crippen LogP contribution in [0.2, 0.25) is 0 Å². The maximum Gasteiger partial charge on any atom is 0.0391 e. The molecule has 1 aromatic rings. The summed E-state index contributed by atoms with van der Waals surface area (Å²) in [5.74, 6) is 0. The van der Waals surface area contributed by atoms with Crippen molar-refractivity contribution in [2.75, 3.05) is 7.05 Å². The third-order valence-corrected chi connectivity index (χ3v) is 3.91. The average molecular weight is 197 g/mol. The smallest absolute Gasteiger partial charge is 0.0391 e. The largest absolute Gasteiger partial charge is 0.314 e. The topological polar surface area (TPSA) is 23.5 Å². The summed E-state index contributed by atoms with van der Waals surface area (Å²) in [7, 11) is 1.75. The number of nitrogens with zero attached hydrogens (tertiary/aromatic N) is 1. The third-order valence-electron chi connectivity index (χ3n) is 2.91. The number of hydrogen-bond acceptors (Lipinski definition) is 3. The second-order valence-corrected chi connectivity index (χ2v) is 4.85. The van der Waals surface area contributed by atoms with Crippen molar-refractivity contribution in [3.8, 4) is 0 Å². The van der Waals surface area contributed by atoms with E-state index < -0.39 is 0 Å². The molecule has 0 bridgehead atoms. The highest BCUT2D eigenvalue weighted by molar-refractivity contribution is 7.10. The van der Waals surface area contributed by atoms with E-state index in [2.05, 4.69) is 12.3 Å². The Morgan fingerprint density at radius 2 is 2.38 bits per heavy atom. The number of likely N-dealkylation sites (N-methyl/N-ethyl adjacent to an activating group) is 1. The van der Waals surface area contributed by atoms with Crippen LogP contribution >= 0.6 is 11.3 Å². The molecule has 2 rings (SSSR count). The van der Waals surface area contributed by atoms with Crippen molar-refractivity contribution in [2.24, 2.45) is 0 Å². The molecule has 0 fully saturated rings. The minimum atomic E-state index is 0.320. The fourth-order valence-corrected chi connectivity index (χ4v) is 2.93. The van der Waals surface area contributed by atoms with Gasteiger partial charge in [0.2, 0.25) is 0 Å². The number of aryl methyl sites for hydroxylation is 2. The minimum absolute atomic E-state index is 0.320. The highest BCUT2D eigenvalue weighted by atomic mass is 32.1. The standard InChI is InChI=1S/C10H15NOS/c1-7-10-5-9(11(2)12)4-3-8(10)6-13-7/h6,9,12H,3-5H2,1-2H3. The van der Waals surface area contributed by atoms with Gasteiger partial charge in [0.1, 0.15) is 0 Å². The molecule has 2 nitrogen and oxygen atoms in total. The minimum Gasteiger partial charge on any atom is -0.314 e. The Morgan fingerprint density at radius 1 is 1.62 bits per heavy atom. The van der Waals surface area contributed by atoms with Gasteiger partial charge < -0.3 is 5.21 Å². The molecule has 1 aliphatic carbocycles. The summed E-state index contributed by atoms with van der Waals surface area (Å²) in [6.45, 7) is 2.17. The van der Waals surface area contributed by atoms with Crippen molar-refractivity contribution in [3.05, 3.63) is 21.4 Å². The molecule has 0 aliphatic heterocycles. The molecule has 3 heteroatoms. The summed E-state index contributed by atoms with van der Waals surface area (Å²) >= 11 is 1.83. The van der Waals surface area contributed by atoms with Crippen molar-refractivity contribution in [1.29, 1.82) is 0 Å². The van der Waals surface area contributed by atoms with E-state index in [4.69, 9.17) is 0 Å². The van der Waals surface area contributed by atoms with Gasteiger partial charge in [0.05, 0.1) is 0 Å². The number of thiophene rings is 1. The molecule has 0 radical (unpaired) electrons. The van der Waals surface area contributed by atoms with Crippen LogP contribution in [0.3, 0.4) is 0 Å². The van der Waals surface area contributed by atoms with Crippen LogP contribution in [0, 0.1) is 6.92 Å². The Kier molecular flexibility index (Phi) is 2.41. The summed E-state index contributed by atoms with van der Waals surface area (Å²) in [4.78, 5) is 1.42. The molecule has 1 N–H and O–H groups in total. The van der Waals surface area contributed by atoms with Crippen molar-refractivity contribution in [2.45, 2.75) is 32.2 Å². The van der Waals surface area contributed by atoms with Gasteiger partial charge in [-0.3, -0.25) is 0 Å². The Morgan fingerprint density at radius 3 is 3.08 bits per heavy atom. The normalized spacial score (nSPS) is 22.0. The number of hydrogen-bond donors (Lipinski definition) is 1. The molecule has 0 saturated carbocycles. The van der Waals surface area contributed by atoms with E-state index in [-0.39, 0.29) is 0 Å². The van der Waals surface area contributed by atoms with E-state index in [1.807, 2.05) is 11.3 Å². The zero-order valence-corrected chi connectivity index (χ0v) is 8.90. The van der Waals surface area contributed by atoms with Crippen LogP contribution in [0.15, 0.2) is 5.38 Å². The zero-order chi connectivity index (χ0) is 9.42. The van der Waals surface area contributed by atoms with Crippen LogP contribution in [0.25, 0.3) is 0 Å². The lowest BCUT2D eigenvalue weighted by molar-refractivity contribution is -0.105. The van der Waals surface area contributed by atoms with E-state index >= 15 is 0 Å². The summed E-state index contributed by atoms with van der Waals surface area (Å²) in [5.41, 5.74) is 2.97. The van der Waals surface area contributed by atoms with Gasteiger partial charge in [0.15, 0.2) is 0 Å². The number of hydroxylamine groups is 2. The third kappa shape index (κ3) is 1.64. The van der Waals surface area contributed by atoms with E-state index in [1.165, 1.54) is 21.1 Å². The lowest BCUT2D eigenvalue weighted by atomic mass is 9.90. The SMILES string of the molecule is Cc1scc2c1CC(N(C)O)CC2. The molecular formula is C10H15NOS. The van der Waals surface area contributed by atoms with Gasteiger partial charge in [-0.1, -0.05) is 0 Å².